The molecule has 0 N–H and O–H groups in total. The molecular formula is C42H26O3. The molecule has 0 bridgehead atoms. The molecule has 0 amide bonds. The largest absolute Gasteiger partial charge is 0.457 e. The molecule has 9 aromatic rings. The summed E-state index contributed by atoms with van der Waals surface area (Å²) in [6.07, 6.45) is 0. The van der Waals surface area contributed by atoms with E-state index in [1.165, 1.54) is 0 Å². The van der Waals surface area contributed by atoms with E-state index >= 15 is 0 Å². The average Bonchev–Trinajstić information content (AvgIpc) is 3.66. The minimum Gasteiger partial charge on any atom is -0.457 e. The number of ether oxygens (including phenoxy) is 1. The number of rotatable bonds is 5. The van der Waals surface area contributed by atoms with Crippen molar-refractivity contribution in [3.05, 3.63) is 158 Å². The van der Waals surface area contributed by atoms with Gasteiger partial charge in [-0.25, -0.2) is 0 Å². The number of para-hydroxylation sites is 2. The normalized spacial score (nSPS) is 11.6. The van der Waals surface area contributed by atoms with Crippen LogP contribution in [-0.4, -0.2) is 0 Å². The van der Waals surface area contributed by atoms with Gasteiger partial charge in [0.2, 0.25) is 0 Å². The molecule has 0 radical (unpaired) electrons. The minimum absolute atomic E-state index is 0.781. The van der Waals surface area contributed by atoms with Gasteiger partial charge in [0.25, 0.3) is 0 Å². The summed E-state index contributed by atoms with van der Waals surface area (Å²) in [4.78, 5) is 0. The summed E-state index contributed by atoms with van der Waals surface area (Å²) < 4.78 is 18.6. The first-order valence-corrected chi connectivity index (χ1v) is 15.1. The summed E-state index contributed by atoms with van der Waals surface area (Å²) in [5, 5.41) is 4.52. The highest BCUT2D eigenvalue weighted by Gasteiger charge is 2.11. The van der Waals surface area contributed by atoms with E-state index in [0.717, 1.165) is 88.8 Å². The van der Waals surface area contributed by atoms with Crippen molar-refractivity contribution in [1.82, 2.24) is 0 Å². The van der Waals surface area contributed by atoms with Gasteiger partial charge in [-0.3, -0.25) is 0 Å². The minimum atomic E-state index is 0.781. The molecule has 212 valence electrons. The van der Waals surface area contributed by atoms with E-state index in [9.17, 15) is 0 Å². The predicted molar refractivity (Wildman–Crippen MR) is 184 cm³/mol. The fourth-order valence-corrected chi connectivity index (χ4v) is 6.30. The number of fused-ring (bicyclic) bond motifs is 6. The molecule has 7 aromatic carbocycles. The molecule has 2 aromatic heterocycles. The topological polar surface area (TPSA) is 35.5 Å². The third-order valence-corrected chi connectivity index (χ3v) is 8.52. The second kappa shape index (κ2) is 10.3. The molecular weight excluding hydrogens is 552 g/mol. The van der Waals surface area contributed by atoms with Gasteiger partial charge in [0.05, 0.1) is 0 Å². The van der Waals surface area contributed by atoms with Gasteiger partial charge < -0.3 is 13.6 Å². The Morgan fingerprint density at radius 3 is 1.44 bits per heavy atom. The SMILES string of the molecule is c1cc(Oc2cccc(-c3ccc4c(c3)oc3ccccc34)c2)cc(-c2cccc(-c3ccc4oc5ccccc5c4c3)c2)c1. The summed E-state index contributed by atoms with van der Waals surface area (Å²) >= 11 is 0. The Kier molecular flexibility index (Phi) is 5.82. The molecule has 3 heteroatoms. The Bertz CT molecular complexity index is 2530. The summed E-state index contributed by atoms with van der Waals surface area (Å²) in [6.45, 7) is 0. The van der Waals surface area contributed by atoms with Crippen LogP contribution < -0.4 is 4.74 Å². The zero-order valence-electron chi connectivity index (χ0n) is 24.2. The fourth-order valence-electron chi connectivity index (χ4n) is 6.30. The Labute approximate surface area is 259 Å². The van der Waals surface area contributed by atoms with Crippen molar-refractivity contribution in [2.75, 3.05) is 0 Å². The number of hydrogen-bond donors (Lipinski definition) is 0. The van der Waals surface area contributed by atoms with Crippen LogP contribution in [0.3, 0.4) is 0 Å². The van der Waals surface area contributed by atoms with Gasteiger partial charge >= 0.3 is 0 Å². The molecule has 0 fully saturated rings. The lowest BCUT2D eigenvalue weighted by atomic mass is 9.98. The average molecular weight is 579 g/mol. The van der Waals surface area contributed by atoms with Crippen LogP contribution in [0.5, 0.6) is 11.5 Å². The zero-order chi connectivity index (χ0) is 29.7. The van der Waals surface area contributed by atoms with E-state index in [-0.39, 0.29) is 0 Å². The quantitative estimate of drug-likeness (QED) is 0.204. The van der Waals surface area contributed by atoms with Gasteiger partial charge in [0.1, 0.15) is 33.8 Å². The van der Waals surface area contributed by atoms with Crippen molar-refractivity contribution >= 4 is 43.9 Å². The maximum atomic E-state index is 6.40. The maximum absolute atomic E-state index is 6.40. The molecule has 3 nitrogen and oxygen atoms in total. The van der Waals surface area contributed by atoms with Crippen LogP contribution >= 0.6 is 0 Å². The van der Waals surface area contributed by atoms with Crippen molar-refractivity contribution in [2.45, 2.75) is 0 Å². The highest BCUT2D eigenvalue weighted by Crippen LogP contribution is 2.36. The van der Waals surface area contributed by atoms with Crippen molar-refractivity contribution in [2.24, 2.45) is 0 Å². The molecule has 0 aliphatic rings. The highest BCUT2D eigenvalue weighted by molar-refractivity contribution is 6.07. The van der Waals surface area contributed by atoms with E-state index in [4.69, 9.17) is 13.6 Å². The lowest BCUT2D eigenvalue weighted by Crippen LogP contribution is -1.87. The maximum Gasteiger partial charge on any atom is 0.136 e. The van der Waals surface area contributed by atoms with Crippen LogP contribution in [0.15, 0.2) is 167 Å². The van der Waals surface area contributed by atoms with E-state index < -0.39 is 0 Å². The standard InChI is InChI=1S/C42H26O3/c1-3-16-39-35(14-1)37-20-18-32(26-42(37)45-39)30-11-7-13-34(24-30)43-33-12-6-10-29(23-33)27-8-5-9-28(22-27)31-19-21-41-38(25-31)36-15-2-4-17-40(36)44-41/h1-26H. The molecule has 0 aliphatic carbocycles. The van der Waals surface area contributed by atoms with Crippen LogP contribution in [0.25, 0.3) is 77.3 Å². The number of benzene rings is 7. The third-order valence-electron chi connectivity index (χ3n) is 8.52. The van der Waals surface area contributed by atoms with Crippen LogP contribution in [0.4, 0.5) is 0 Å². The van der Waals surface area contributed by atoms with Crippen LogP contribution in [-0.2, 0) is 0 Å². The van der Waals surface area contributed by atoms with Crippen LogP contribution in [0.2, 0.25) is 0 Å². The molecule has 9 rings (SSSR count). The Hall–Kier alpha value is -6.06. The summed E-state index contributed by atoms with van der Waals surface area (Å²) in [7, 11) is 0. The van der Waals surface area contributed by atoms with Crippen molar-refractivity contribution in [3.8, 4) is 44.9 Å². The molecule has 0 aliphatic heterocycles. The summed E-state index contributed by atoms with van der Waals surface area (Å²) in [5.74, 6) is 1.57. The predicted octanol–water partition coefficient (Wildman–Crippen LogP) is 12.3. The fraction of sp³-hybridized carbons (Fsp3) is 0. The number of hydrogen-bond acceptors (Lipinski definition) is 3. The lowest BCUT2D eigenvalue weighted by molar-refractivity contribution is 0.483. The van der Waals surface area contributed by atoms with Gasteiger partial charge in [0, 0.05) is 21.5 Å². The van der Waals surface area contributed by atoms with Crippen molar-refractivity contribution in [3.63, 3.8) is 0 Å². The molecule has 0 unspecified atom stereocenters. The van der Waals surface area contributed by atoms with E-state index in [0.29, 0.717) is 0 Å². The van der Waals surface area contributed by atoms with Gasteiger partial charge in [-0.2, -0.15) is 0 Å². The smallest absolute Gasteiger partial charge is 0.136 e. The van der Waals surface area contributed by atoms with Crippen LogP contribution in [0.1, 0.15) is 0 Å². The first kappa shape index (κ1) is 25.4. The zero-order valence-corrected chi connectivity index (χ0v) is 24.2. The van der Waals surface area contributed by atoms with Crippen LogP contribution in [0, 0.1) is 0 Å². The lowest BCUT2D eigenvalue weighted by Gasteiger charge is -2.11. The van der Waals surface area contributed by atoms with Crippen molar-refractivity contribution in [1.29, 1.82) is 0 Å². The van der Waals surface area contributed by atoms with Gasteiger partial charge in [-0.15, -0.1) is 0 Å². The Balaban J connectivity index is 1.00. The summed E-state index contributed by atoms with van der Waals surface area (Å²) in [5.41, 5.74) is 10.3. The Morgan fingerprint density at radius 2 is 0.756 bits per heavy atom. The molecule has 2 heterocycles. The summed E-state index contributed by atoms with van der Waals surface area (Å²) in [6, 6.07) is 54.2. The highest BCUT2D eigenvalue weighted by atomic mass is 16.5. The first-order valence-electron chi connectivity index (χ1n) is 15.1. The van der Waals surface area contributed by atoms with Crippen molar-refractivity contribution < 1.29 is 13.6 Å². The molecule has 0 saturated carbocycles. The number of furan rings is 2. The molecule has 45 heavy (non-hydrogen) atoms. The first-order chi connectivity index (χ1) is 22.2. The Morgan fingerprint density at radius 1 is 0.289 bits per heavy atom. The van der Waals surface area contributed by atoms with E-state index in [1.54, 1.807) is 0 Å². The molecule has 0 saturated heterocycles. The second-order valence-corrected chi connectivity index (χ2v) is 11.4. The van der Waals surface area contributed by atoms with Gasteiger partial charge in [-0.05, 0) is 100 Å². The molecule has 0 spiro atoms. The monoisotopic (exact) mass is 578 g/mol. The van der Waals surface area contributed by atoms with E-state index in [1.807, 2.05) is 54.6 Å². The van der Waals surface area contributed by atoms with Gasteiger partial charge in [0.15, 0.2) is 0 Å². The third kappa shape index (κ3) is 4.54. The van der Waals surface area contributed by atoms with Gasteiger partial charge in [-0.1, -0.05) is 91.0 Å². The molecule has 0 atom stereocenters. The second-order valence-electron chi connectivity index (χ2n) is 11.4. The van der Waals surface area contributed by atoms with E-state index in [2.05, 4.69) is 103 Å².